The van der Waals surface area contributed by atoms with E-state index < -0.39 is 15.9 Å². The fourth-order valence-corrected chi connectivity index (χ4v) is 4.32. The third kappa shape index (κ3) is 3.04. The normalized spacial score (nSPS) is 15.4. The fraction of sp³-hybridized carbons (Fsp3) is 0.250. The molecule has 1 saturated heterocycles. The molecular weight excluding hydrogens is 356 g/mol. The van der Waals surface area contributed by atoms with Gasteiger partial charge in [0.25, 0.3) is 11.7 Å². The molecule has 10 heteroatoms. The summed E-state index contributed by atoms with van der Waals surface area (Å²) in [6.07, 6.45) is 4.97. The summed E-state index contributed by atoms with van der Waals surface area (Å²) < 4.78 is 27.9. The van der Waals surface area contributed by atoms with E-state index in [0.717, 1.165) is 12.8 Å². The van der Waals surface area contributed by atoms with Gasteiger partial charge in [-0.15, -0.1) is 5.10 Å². The van der Waals surface area contributed by atoms with Crippen LogP contribution in [-0.2, 0) is 10.0 Å². The summed E-state index contributed by atoms with van der Waals surface area (Å²) in [6, 6.07) is 7.76. The molecule has 0 aliphatic carbocycles. The molecule has 3 aromatic rings. The summed E-state index contributed by atoms with van der Waals surface area (Å²) in [5.41, 5.74) is 0.460. The number of nitrogens with zero attached hydrogens (tertiary/aromatic N) is 5. The van der Waals surface area contributed by atoms with Gasteiger partial charge in [0.05, 0.1) is 4.90 Å². The minimum Gasteiger partial charge on any atom is -0.319 e. The van der Waals surface area contributed by atoms with Gasteiger partial charge in [-0.1, -0.05) is 0 Å². The molecule has 4 rings (SSSR count). The topological polar surface area (TPSA) is 110 Å². The molecule has 0 atom stereocenters. The highest BCUT2D eigenvalue weighted by molar-refractivity contribution is 7.89. The second-order valence-electron chi connectivity index (χ2n) is 5.89. The third-order valence-electron chi connectivity index (χ3n) is 4.13. The molecule has 1 fully saturated rings. The maximum absolute atomic E-state index is 12.5. The van der Waals surface area contributed by atoms with E-state index in [1.807, 2.05) is 0 Å². The van der Waals surface area contributed by atoms with E-state index in [9.17, 15) is 13.2 Å². The molecule has 1 aromatic carbocycles. The first kappa shape index (κ1) is 16.6. The number of hydrogen-bond acceptors (Lipinski definition) is 6. The van der Waals surface area contributed by atoms with Crippen molar-refractivity contribution < 1.29 is 13.2 Å². The standard InChI is InChI=1S/C16H16N6O3S/c23-15(14-19-16-17-8-3-11-22(16)20-14)18-12-4-6-13(7-5-12)26(24,25)21-9-1-2-10-21/h3-8,11H,1-2,9-10H2,(H,18,23). The molecule has 1 amide bonds. The maximum Gasteiger partial charge on any atom is 0.295 e. The average Bonchev–Trinajstić information content (AvgIpc) is 3.32. The predicted molar refractivity (Wildman–Crippen MR) is 93.2 cm³/mol. The highest BCUT2D eigenvalue weighted by atomic mass is 32.2. The van der Waals surface area contributed by atoms with Crippen molar-refractivity contribution in [3.05, 3.63) is 48.5 Å². The van der Waals surface area contributed by atoms with Crippen molar-refractivity contribution in [2.75, 3.05) is 18.4 Å². The Morgan fingerprint density at radius 3 is 2.54 bits per heavy atom. The number of nitrogens with one attached hydrogen (secondary N) is 1. The van der Waals surface area contributed by atoms with E-state index in [-0.39, 0.29) is 10.7 Å². The van der Waals surface area contributed by atoms with Gasteiger partial charge in [0, 0.05) is 31.2 Å². The molecule has 1 aliphatic heterocycles. The Morgan fingerprint density at radius 2 is 1.85 bits per heavy atom. The number of amides is 1. The predicted octanol–water partition coefficient (Wildman–Crippen LogP) is 1.16. The zero-order valence-corrected chi connectivity index (χ0v) is 14.6. The first-order chi connectivity index (χ1) is 12.5. The van der Waals surface area contributed by atoms with E-state index in [2.05, 4.69) is 20.4 Å². The highest BCUT2D eigenvalue weighted by Crippen LogP contribution is 2.22. The second kappa shape index (κ2) is 6.46. The lowest BCUT2D eigenvalue weighted by Crippen LogP contribution is -2.27. The van der Waals surface area contributed by atoms with E-state index in [0.29, 0.717) is 24.6 Å². The third-order valence-corrected chi connectivity index (χ3v) is 6.05. The first-order valence-corrected chi connectivity index (χ1v) is 9.57. The second-order valence-corrected chi connectivity index (χ2v) is 7.83. The van der Waals surface area contributed by atoms with Crippen LogP contribution in [0.25, 0.3) is 5.78 Å². The summed E-state index contributed by atoms with van der Waals surface area (Å²) in [4.78, 5) is 20.5. The Labute approximate surface area is 149 Å². The zero-order chi connectivity index (χ0) is 18.1. The van der Waals surface area contributed by atoms with Crippen molar-refractivity contribution in [3.8, 4) is 0 Å². The number of rotatable bonds is 4. The zero-order valence-electron chi connectivity index (χ0n) is 13.7. The molecule has 2 aromatic heterocycles. The van der Waals surface area contributed by atoms with Crippen LogP contribution in [0, 0.1) is 0 Å². The summed E-state index contributed by atoms with van der Waals surface area (Å²) >= 11 is 0. The van der Waals surface area contributed by atoms with Gasteiger partial charge < -0.3 is 5.32 Å². The van der Waals surface area contributed by atoms with E-state index in [1.54, 1.807) is 30.6 Å². The van der Waals surface area contributed by atoms with Crippen molar-refractivity contribution in [2.24, 2.45) is 0 Å². The van der Waals surface area contributed by atoms with Gasteiger partial charge in [-0.25, -0.2) is 17.9 Å². The molecule has 0 radical (unpaired) electrons. The monoisotopic (exact) mass is 372 g/mol. The number of benzene rings is 1. The van der Waals surface area contributed by atoms with Crippen LogP contribution in [0.15, 0.2) is 47.6 Å². The SMILES string of the molecule is O=C(Nc1ccc(S(=O)(=O)N2CCCC2)cc1)c1nc2ncccn2n1. The molecule has 0 unspecified atom stereocenters. The van der Waals surface area contributed by atoms with Crippen LogP contribution in [0.4, 0.5) is 5.69 Å². The van der Waals surface area contributed by atoms with Crippen LogP contribution in [-0.4, -0.2) is 51.3 Å². The molecule has 0 spiro atoms. The van der Waals surface area contributed by atoms with Crippen molar-refractivity contribution in [3.63, 3.8) is 0 Å². The lowest BCUT2D eigenvalue weighted by Gasteiger charge is -2.15. The molecule has 3 heterocycles. The summed E-state index contributed by atoms with van der Waals surface area (Å²) in [5, 5.41) is 6.70. The number of sulfonamides is 1. The fourth-order valence-electron chi connectivity index (χ4n) is 2.80. The Morgan fingerprint density at radius 1 is 1.12 bits per heavy atom. The number of carbonyl (C=O) groups excluding carboxylic acids is 1. The van der Waals surface area contributed by atoms with Gasteiger partial charge in [0.15, 0.2) is 0 Å². The molecule has 1 aliphatic rings. The molecule has 0 bridgehead atoms. The number of aromatic nitrogens is 4. The van der Waals surface area contributed by atoms with Gasteiger partial charge in [-0.05, 0) is 43.2 Å². The van der Waals surface area contributed by atoms with Gasteiger partial charge in [-0.3, -0.25) is 4.79 Å². The Kier molecular flexibility index (Phi) is 4.13. The molecular formula is C16H16N6O3S. The van der Waals surface area contributed by atoms with E-state index >= 15 is 0 Å². The van der Waals surface area contributed by atoms with Crippen LogP contribution in [0.5, 0.6) is 0 Å². The Balaban J connectivity index is 1.51. The Hall–Kier alpha value is -2.85. The van der Waals surface area contributed by atoms with Gasteiger partial charge in [-0.2, -0.15) is 9.29 Å². The molecule has 0 saturated carbocycles. The number of fused-ring (bicyclic) bond motifs is 1. The molecule has 1 N–H and O–H groups in total. The summed E-state index contributed by atoms with van der Waals surface area (Å²) in [5.74, 6) is -0.187. The average molecular weight is 372 g/mol. The van der Waals surface area contributed by atoms with Gasteiger partial charge in [0.1, 0.15) is 0 Å². The molecule has 9 nitrogen and oxygen atoms in total. The smallest absolute Gasteiger partial charge is 0.295 e. The number of anilines is 1. The first-order valence-electron chi connectivity index (χ1n) is 8.13. The summed E-state index contributed by atoms with van der Waals surface area (Å²) in [6.45, 7) is 1.10. The van der Waals surface area contributed by atoms with E-state index in [1.165, 1.54) is 21.0 Å². The Bertz CT molecular complexity index is 1020. The number of hydrogen-bond donors (Lipinski definition) is 1. The van der Waals surface area contributed by atoms with Crippen LogP contribution in [0.3, 0.4) is 0 Å². The van der Waals surface area contributed by atoms with Gasteiger partial charge in [0.2, 0.25) is 15.8 Å². The lowest BCUT2D eigenvalue weighted by atomic mass is 10.3. The maximum atomic E-state index is 12.5. The molecule has 26 heavy (non-hydrogen) atoms. The van der Waals surface area contributed by atoms with Gasteiger partial charge >= 0.3 is 0 Å². The van der Waals surface area contributed by atoms with Crippen molar-refractivity contribution in [2.45, 2.75) is 17.7 Å². The van der Waals surface area contributed by atoms with E-state index in [4.69, 9.17) is 0 Å². The minimum atomic E-state index is -3.47. The summed E-state index contributed by atoms with van der Waals surface area (Å²) in [7, 11) is -3.47. The minimum absolute atomic E-state index is 0.0162. The van der Waals surface area contributed by atoms with Crippen LogP contribution >= 0.6 is 0 Å². The quantitative estimate of drug-likeness (QED) is 0.736. The van der Waals surface area contributed by atoms with Crippen molar-refractivity contribution in [1.82, 2.24) is 23.9 Å². The van der Waals surface area contributed by atoms with Crippen LogP contribution < -0.4 is 5.32 Å². The lowest BCUT2D eigenvalue weighted by molar-refractivity contribution is 0.101. The largest absolute Gasteiger partial charge is 0.319 e. The van der Waals surface area contributed by atoms with Crippen LogP contribution in [0.2, 0.25) is 0 Å². The van der Waals surface area contributed by atoms with Crippen LogP contribution in [0.1, 0.15) is 23.5 Å². The van der Waals surface area contributed by atoms with Crippen molar-refractivity contribution in [1.29, 1.82) is 0 Å². The van der Waals surface area contributed by atoms with Crippen molar-refractivity contribution >= 4 is 27.4 Å². The molecule has 134 valence electrons. The number of carbonyl (C=O) groups is 1. The highest BCUT2D eigenvalue weighted by Gasteiger charge is 2.27.